The van der Waals surface area contributed by atoms with Crippen molar-refractivity contribution in [1.29, 1.82) is 0 Å². The van der Waals surface area contributed by atoms with Gasteiger partial charge in [-0.15, -0.1) is 0 Å². The summed E-state index contributed by atoms with van der Waals surface area (Å²) in [6, 6.07) is 16.7. The molecule has 1 amide bonds. The Bertz CT molecular complexity index is 1180. The van der Waals surface area contributed by atoms with Gasteiger partial charge in [0.2, 0.25) is 0 Å². The molecule has 3 aromatic carbocycles. The molecule has 0 saturated carbocycles. The van der Waals surface area contributed by atoms with Crippen LogP contribution in [0, 0.1) is 17.4 Å². The summed E-state index contributed by atoms with van der Waals surface area (Å²) in [5.74, 6) is -0.425. The molecule has 0 fully saturated rings. The van der Waals surface area contributed by atoms with E-state index in [1.165, 1.54) is 18.2 Å². The number of nitrogens with one attached hydrogen (secondary N) is 2. The molecule has 0 bridgehead atoms. The number of halogens is 2. The number of sulfonamides is 1. The summed E-state index contributed by atoms with van der Waals surface area (Å²) < 4.78 is 29.3. The second-order valence-corrected chi connectivity index (χ2v) is 9.81. The van der Waals surface area contributed by atoms with E-state index in [2.05, 4.69) is 32.6 Å². The molecule has 0 aromatic heterocycles. The van der Waals surface area contributed by atoms with Gasteiger partial charge >= 0.3 is 0 Å². The Hall–Kier alpha value is -2.10. The zero-order chi connectivity index (χ0) is 21.2. The topological polar surface area (TPSA) is 75.3 Å². The normalized spacial score (nSPS) is 11.2. The maximum Gasteiger partial charge on any atom is 0.263 e. The van der Waals surface area contributed by atoms with Crippen LogP contribution < -0.4 is 10.0 Å². The van der Waals surface area contributed by atoms with Crippen LogP contribution in [0.3, 0.4) is 0 Å². The van der Waals surface area contributed by atoms with Crippen LogP contribution in [0.25, 0.3) is 0 Å². The van der Waals surface area contributed by atoms with Crippen molar-refractivity contribution >= 4 is 61.5 Å². The molecule has 0 aliphatic heterocycles. The zero-order valence-electron chi connectivity index (χ0n) is 15.7. The second-order valence-electron chi connectivity index (χ2n) is 6.51. The van der Waals surface area contributed by atoms with Crippen LogP contribution in [0.2, 0.25) is 5.02 Å². The first-order chi connectivity index (χ1) is 13.7. The highest BCUT2D eigenvalue weighted by molar-refractivity contribution is 14.1. The lowest BCUT2D eigenvalue weighted by Crippen LogP contribution is -2.16. The molecule has 8 heteroatoms. The predicted octanol–water partition coefficient (Wildman–Crippen LogP) is 5.61. The molecule has 0 radical (unpaired) electrons. The van der Waals surface area contributed by atoms with E-state index in [0.717, 1.165) is 14.7 Å². The highest BCUT2D eigenvalue weighted by atomic mass is 127. The number of hydrogen-bond donors (Lipinski definition) is 2. The van der Waals surface area contributed by atoms with E-state index in [0.29, 0.717) is 11.4 Å². The van der Waals surface area contributed by atoms with Crippen molar-refractivity contribution < 1.29 is 13.2 Å². The van der Waals surface area contributed by atoms with Gasteiger partial charge in [-0.2, -0.15) is 0 Å². The van der Waals surface area contributed by atoms with Gasteiger partial charge < -0.3 is 5.32 Å². The molecule has 3 aromatic rings. The predicted molar refractivity (Wildman–Crippen MR) is 125 cm³/mol. The first kappa shape index (κ1) is 21.6. The molecule has 2 N–H and O–H groups in total. The third-order valence-corrected chi connectivity index (χ3v) is 6.93. The van der Waals surface area contributed by atoms with E-state index < -0.39 is 15.9 Å². The number of aryl methyl sites for hydroxylation is 2. The molecular weight excluding hydrogens is 523 g/mol. The molecule has 0 heterocycles. The third kappa shape index (κ3) is 5.29. The largest absolute Gasteiger partial charge is 0.322 e. The Morgan fingerprint density at radius 2 is 1.55 bits per heavy atom. The minimum atomic E-state index is -3.97. The fraction of sp³-hybridized carbons (Fsp3) is 0.0952. The Balaban J connectivity index is 1.88. The maximum atomic E-state index is 12.9. The van der Waals surface area contributed by atoms with Crippen LogP contribution in [0.4, 0.5) is 11.4 Å². The number of carbonyl (C=O) groups is 1. The molecule has 0 aliphatic carbocycles. The van der Waals surface area contributed by atoms with E-state index in [1.54, 1.807) is 24.3 Å². The number of amides is 1. The van der Waals surface area contributed by atoms with E-state index in [9.17, 15) is 13.2 Å². The lowest BCUT2D eigenvalue weighted by molar-refractivity contribution is 0.102. The van der Waals surface area contributed by atoms with E-state index in [-0.39, 0.29) is 15.5 Å². The van der Waals surface area contributed by atoms with Crippen molar-refractivity contribution in [3.05, 3.63) is 85.9 Å². The summed E-state index contributed by atoms with van der Waals surface area (Å²) in [5.41, 5.74) is 3.25. The van der Waals surface area contributed by atoms with Crippen molar-refractivity contribution in [1.82, 2.24) is 0 Å². The van der Waals surface area contributed by atoms with Gasteiger partial charge in [0, 0.05) is 20.5 Å². The fourth-order valence-electron chi connectivity index (χ4n) is 2.60. The van der Waals surface area contributed by atoms with Gasteiger partial charge in [-0.3, -0.25) is 9.52 Å². The molecule has 0 saturated heterocycles. The van der Waals surface area contributed by atoms with E-state index in [4.69, 9.17) is 11.6 Å². The molecule has 0 unspecified atom stereocenters. The molecule has 5 nitrogen and oxygen atoms in total. The maximum absolute atomic E-state index is 12.9. The highest BCUT2D eigenvalue weighted by Gasteiger charge is 2.21. The average molecular weight is 541 g/mol. The fourth-order valence-corrected chi connectivity index (χ4v) is 4.54. The molecule has 0 atom stereocenters. The molecule has 150 valence electrons. The standard InChI is InChI=1S/C21H18ClIN2O3S/c1-13-3-7-18(11-14(13)2)25-29(27,28)20-12-15(4-10-19(20)22)21(26)24-17-8-5-16(23)6-9-17/h3-12,25H,1-2H3,(H,24,26). The van der Waals surface area contributed by atoms with Gasteiger partial charge in [-0.25, -0.2) is 8.42 Å². The Kier molecular flexibility index (Phi) is 6.50. The van der Waals surface area contributed by atoms with Gasteiger partial charge in [0.15, 0.2) is 0 Å². The number of benzene rings is 3. The Labute approximate surface area is 188 Å². The van der Waals surface area contributed by atoms with Crippen molar-refractivity contribution in [2.45, 2.75) is 18.7 Å². The van der Waals surface area contributed by atoms with Crippen molar-refractivity contribution in [2.24, 2.45) is 0 Å². The number of carbonyl (C=O) groups excluding carboxylic acids is 1. The van der Waals surface area contributed by atoms with Gasteiger partial charge in [0.05, 0.1) is 5.02 Å². The van der Waals surface area contributed by atoms with Crippen LogP contribution in [-0.4, -0.2) is 14.3 Å². The van der Waals surface area contributed by atoms with Crippen molar-refractivity contribution in [2.75, 3.05) is 10.0 Å². The second kappa shape index (κ2) is 8.73. The van der Waals surface area contributed by atoms with Crippen LogP contribution in [-0.2, 0) is 10.0 Å². The molecule has 0 aliphatic rings. The van der Waals surface area contributed by atoms with Crippen LogP contribution >= 0.6 is 34.2 Å². The first-order valence-corrected chi connectivity index (χ1v) is 11.6. The molecule has 29 heavy (non-hydrogen) atoms. The Morgan fingerprint density at radius 3 is 2.21 bits per heavy atom. The van der Waals surface area contributed by atoms with E-state index in [1.807, 2.05) is 32.0 Å². The summed E-state index contributed by atoms with van der Waals surface area (Å²) in [7, 11) is -3.97. The average Bonchev–Trinajstić information content (AvgIpc) is 2.66. The number of rotatable bonds is 5. The van der Waals surface area contributed by atoms with E-state index >= 15 is 0 Å². The smallest absolute Gasteiger partial charge is 0.263 e. The minimum Gasteiger partial charge on any atom is -0.322 e. The van der Waals surface area contributed by atoms with Crippen LogP contribution in [0.5, 0.6) is 0 Å². The monoisotopic (exact) mass is 540 g/mol. The van der Waals surface area contributed by atoms with Gasteiger partial charge in [-0.05, 0) is 102 Å². The number of anilines is 2. The molecule has 3 rings (SSSR count). The molecule has 0 spiro atoms. The summed E-state index contributed by atoms with van der Waals surface area (Å²) in [4.78, 5) is 12.4. The SMILES string of the molecule is Cc1ccc(NS(=O)(=O)c2cc(C(=O)Nc3ccc(I)cc3)ccc2Cl)cc1C. The Morgan fingerprint density at radius 1 is 0.897 bits per heavy atom. The summed E-state index contributed by atoms with van der Waals surface area (Å²) >= 11 is 8.30. The summed E-state index contributed by atoms with van der Waals surface area (Å²) in [6.45, 7) is 3.84. The quantitative estimate of drug-likeness (QED) is 0.413. The lowest BCUT2D eigenvalue weighted by atomic mass is 10.1. The molecular formula is C21H18ClIN2O3S. The first-order valence-electron chi connectivity index (χ1n) is 8.62. The van der Waals surface area contributed by atoms with Crippen LogP contribution in [0.15, 0.2) is 65.6 Å². The zero-order valence-corrected chi connectivity index (χ0v) is 19.4. The third-order valence-electron chi connectivity index (χ3n) is 4.34. The van der Waals surface area contributed by atoms with Crippen molar-refractivity contribution in [3.8, 4) is 0 Å². The van der Waals surface area contributed by atoms with Gasteiger partial charge in [0.25, 0.3) is 15.9 Å². The number of hydrogen-bond acceptors (Lipinski definition) is 3. The summed E-state index contributed by atoms with van der Waals surface area (Å²) in [6.07, 6.45) is 0. The highest BCUT2D eigenvalue weighted by Crippen LogP contribution is 2.26. The van der Waals surface area contributed by atoms with Gasteiger partial charge in [0.1, 0.15) is 4.90 Å². The minimum absolute atomic E-state index is 0.0344. The summed E-state index contributed by atoms with van der Waals surface area (Å²) in [5, 5.41) is 2.78. The lowest BCUT2D eigenvalue weighted by Gasteiger charge is -2.12. The van der Waals surface area contributed by atoms with Crippen molar-refractivity contribution in [3.63, 3.8) is 0 Å². The van der Waals surface area contributed by atoms with Gasteiger partial charge in [-0.1, -0.05) is 17.7 Å². The van der Waals surface area contributed by atoms with Crippen LogP contribution in [0.1, 0.15) is 21.5 Å².